The van der Waals surface area contributed by atoms with Crippen molar-refractivity contribution in [3.63, 3.8) is 0 Å². The minimum Gasteiger partial charge on any atom is -0.487 e. The second kappa shape index (κ2) is 12.9. The Morgan fingerprint density at radius 1 is 0.805 bits per heavy atom. The summed E-state index contributed by atoms with van der Waals surface area (Å²) in [5, 5.41) is 2.77. The molecule has 210 valence electrons. The zero-order chi connectivity index (χ0) is 29.4. The van der Waals surface area contributed by atoms with Crippen LogP contribution in [0.15, 0.2) is 108 Å². The molecule has 0 fully saturated rings. The smallest absolute Gasteiger partial charge is 0.320 e. The normalized spacial score (nSPS) is 11.7. The Hall–Kier alpha value is -4.96. The van der Waals surface area contributed by atoms with E-state index in [0.717, 1.165) is 12.7 Å². The molecule has 0 aliphatic carbocycles. The number of ether oxygens (including phenoxy) is 2. The molecule has 0 aliphatic heterocycles. The van der Waals surface area contributed by atoms with Crippen LogP contribution in [0.4, 0.5) is 11.4 Å². The quantitative estimate of drug-likeness (QED) is 0.188. The van der Waals surface area contributed by atoms with Crippen LogP contribution in [0, 0.1) is 0 Å². The third kappa shape index (κ3) is 7.17. The SMILES string of the molecule is COC(=O)C(C(C)=O)c1cc(NC(=O)c2ccccc2)c(OCc2ccccc2)cc1NS(=O)(=O)c1ccccc1. The van der Waals surface area contributed by atoms with Gasteiger partial charge in [-0.15, -0.1) is 0 Å². The van der Waals surface area contributed by atoms with Gasteiger partial charge in [-0.05, 0) is 42.8 Å². The van der Waals surface area contributed by atoms with Crippen LogP contribution in [0.2, 0.25) is 0 Å². The van der Waals surface area contributed by atoms with E-state index in [4.69, 9.17) is 9.47 Å². The van der Waals surface area contributed by atoms with Crippen LogP contribution in [-0.2, 0) is 31.0 Å². The van der Waals surface area contributed by atoms with Crippen LogP contribution >= 0.6 is 0 Å². The number of hydrogen-bond donors (Lipinski definition) is 2. The first-order valence-corrected chi connectivity index (χ1v) is 14.0. The maximum absolute atomic E-state index is 13.3. The molecule has 1 amide bonds. The van der Waals surface area contributed by atoms with Gasteiger partial charge in [0.25, 0.3) is 15.9 Å². The number of nitrogens with one attached hydrogen (secondary N) is 2. The minimum absolute atomic E-state index is 0.0146. The first-order valence-electron chi connectivity index (χ1n) is 12.6. The number of benzene rings is 4. The van der Waals surface area contributed by atoms with Gasteiger partial charge in [0.15, 0.2) is 0 Å². The van der Waals surface area contributed by atoms with Gasteiger partial charge < -0.3 is 14.8 Å². The topological polar surface area (TPSA) is 128 Å². The number of anilines is 2. The zero-order valence-electron chi connectivity index (χ0n) is 22.4. The molecule has 10 heteroatoms. The fourth-order valence-corrected chi connectivity index (χ4v) is 5.19. The molecular weight excluding hydrogens is 544 g/mol. The molecule has 0 bridgehead atoms. The van der Waals surface area contributed by atoms with Crippen LogP contribution < -0.4 is 14.8 Å². The third-order valence-corrected chi connectivity index (χ3v) is 7.51. The van der Waals surface area contributed by atoms with E-state index in [-0.39, 0.29) is 34.2 Å². The number of Topliss-reactive ketones (excluding diaryl/α,β-unsaturated/α-hetero) is 1. The van der Waals surface area contributed by atoms with Gasteiger partial charge in [-0.2, -0.15) is 0 Å². The van der Waals surface area contributed by atoms with E-state index < -0.39 is 33.6 Å². The summed E-state index contributed by atoms with van der Waals surface area (Å²) in [6.45, 7) is 1.28. The summed E-state index contributed by atoms with van der Waals surface area (Å²) in [4.78, 5) is 38.5. The maximum atomic E-state index is 13.3. The summed E-state index contributed by atoms with van der Waals surface area (Å²) >= 11 is 0. The highest BCUT2D eigenvalue weighted by Crippen LogP contribution is 2.38. The van der Waals surface area contributed by atoms with Crippen molar-refractivity contribution in [2.24, 2.45) is 0 Å². The fraction of sp³-hybridized carbons (Fsp3) is 0.129. The van der Waals surface area contributed by atoms with E-state index in [2.05, 4.69) is 10.0 Å². The van der Waals surface area contributed by atoms with Crippen LogP contribution in [0.3, 0.4) is 0 Å². The number of carbonyl (C=O) groups excluding carboxylic acids is 3. The van der Waals surface area contributed by atoms with E-state index >= 15 is 0 Å². The molecule has 1 atom stereocenters. The summed E-state index contributed by atoms with van der Waals surface area (Å²) in [5.41, 5.74) is 1.20. The molecule has 0 aliphatic rings. The number of carbonyl (C=O) groups is 3. The van der Waals surface area contributed by atoms with Gasteiger partial charge >= 0.3 is 5.97 Å². The Kier molecular flexibility index (Phi) is 9.15. The van der Waals surface area contributed by atoms with Gasteiger partial charge in [0.05, 0.1) is 23.4 Å². The molecule has 1 unspecified atom stereocenters. The minimum atomic E-state index is -4.15. The first kappa shape index (κ1) is 29.0. The largest absolute Gasteiger partial charge is 0.487 e. The van der Waals surface area contributed by atoms with Gasteiger partial charge in [-0.1, -0.05) is 66.7 Å². The van der Waals surface area contributed by atoms with Gasteiger partial charge in [-0.25, -0.2) is 8.42 Å². The molecule has 0 saturated carbocycles. The van der Waals surface area contributed by atoms with Crippen molar-refractivity contribution < 1.29 is 32.3 Å². The lowest BCUT2D eigenvalue weighted by Gasteiger charge is -2.22. The second-order valence-electron chi connectivity index (χ2n) is 9.02. The second-order valence-corrected chi connectivity index (χ2v) is 10.7. The van der Waals surface area contributed by atoms with E-state index in [9.17, 15) is 22.8 Å². The molecule has 4 rings (SSSR count). The van der Waals surface area contributed by atoms with Crippen LogP contribution in [0.25, 0.3) is 0 Å². The number of esters is 1. The Bertz CT molecular complexity index is 1640. The summed E-state index contributed by atoms with van der Waals surface area (Å²) < 4.78 is 40.0. The highest BCUT2D eigenvalue weighted by molar-refractivity contribution is 7.92. The summed E-state index contributed by atoms with van der Waals surface area (Å²) in [6.07, 6.45) is 0. The lowest BCUT2D eigenvalue weighted by molar-refractivity contribution is -0.145. The number of amides is 1. The van der Waals surface area contributed by atoms with E-state index in [1.54, 1.807) is 48.5 Å². The molecule has 0 heterocycles. The van der Waals surface area contributed by atoms with Crippen molar-refractivity contribution in [3.05, 3.63) is 120 Å². The van der Waals surface area contributed by atoms with E-state index in [0.29, 0.717) is 5.56 Å². The van der Waals surface area contributed by atoms with Gasteiger partial charge in [0, 0.05) is 17.2 Å². The van der Waals surface area contributed by atoms with Crippen LogP contribution in [0.5, 0.6) is 5.75 Å². The van der Waals surface area contributed by atoms with E-state index in [1.165, 1.54) is 31.2 Å². The highest BCUT2D eigenvalue weighted by Gasteiger charge is 2.32. The predicted octanol–water partition coefficient (Wildman–Crippen LogP) is 5.16. The molecule has 0 radical (unpaired) electrons. The molecule has 0 saturated heterocycles. The van der Waals surface area contributed by atoms with Crippen LogP contribution in [0.1, 0.15) is 34.3 Å². The summed E-state index contributed by atoms with van der Waals surface area (Å²) in [5.74, 6) is -3.33. The molecule has 2 N–H and O–H groups in total. The van der Waals surface area contributed by atoms with Crippen molar-refractivity contribution in [1.82, 2.24) is 0 Å². The van der Waals surface area contributed by atoms with Crippen molar-refractivity contribution >= 4 is 39.1 Å². The first-order chi connectivity index (χ1) is 19.7. The molecule has 0 aromatic heterocycles. The Labute approximate surface area is 238 Å². The van der Waals surface area contributed by atoms with Gasteiger partial charge in [-0.3, -0.25) is 19.1 Å². The van der Waals surface area contributed by atoms with Crippen molar-refractivity contribution in [3.8, 4) is 5.75 Å². The lowest BCUT2D eigenvalue weighted by Crippen LogP contribution is -2.24. The average Bonchev–Trinajstić information content (AvgIpc) is 2.98. The zero-order valence-corrected chi connectivity index (χ0v) is 23.2. The molecule has 4 aromatic rings. The number of sulfonamides is 1. The fourth-order valence-electron chi connectivity index (χ4n) is 4.09. The maximum Gasteiger partial charge on any atom is 0.320 e. The molecule has 0 spiro atoms. The van der Waals surface area contributed by atoms with E-state index in [1.807, 2.05) is 30.3 Å². The average molecular weight is 573 g/mol. The molecule has 4 aromatic carbocycles. The Morgan fingerprint density at radius 3 is 1.98 bits per heavy atom. The van der Waals surface area contributed by atoms with Crippen molar-refractivity contribution in [2.45, 2.75) is 24.3 Å². The number of ketones is 1. The molecule has 41 heavy (non-hydrogen) atoms. The Morgan fingerprint density at radius 2 is 1.39 bits per heavy atom. The third-order valence-electron chi connectivity index (χ3n) is 6.13. The number of methoxy groups -OCH3 is 1. The van der Waals surface area contributed by atoms with Crippen molar-refractivity contribution in [2.75, 3.05) is 17.1 Å². The van der Waals surface area contributed by atoms with Gasteiger partial charge in [0.2, 0.25) is 0 Å². The summed E-state index contributed by atoms with van der Waals surface area (Å²) in [7, 11) is -3.02. The Balaban J connectivity index is 1.86. The number of rotatable bonds is 11. The van der Waals surface area contributed by atoms with Crippen LogP contribution in [-0.4, -0.2) is 33.2 Å². The van der Waals surface area contributed by atoms with Gasteiger partial charge in [0.1, 0.15) is 24.1 Å². The standard InChI is InChI=1S/C31H28N2O7S/c1-21(34)29(31(36)39-2)25-18-27(32-30(35)23-14-8-4-9-15-23)28(40-20-22-12-6-3-7-13-22)19-26(25)33-41(37,38)24-16-10-5-11-17-24/h3-19,29,33H,20H2,1-2H3,(H,32,35). The highest BCUT2D eigenvalue weighted by atomic mass is 32.2. The monoisotopic (exact) mass is 572 g/mol. The lowest BCUT2D eigenvalue weighted by atomic mass is 9.93. The predicted molar refractivity (Wildman–Crippen MR) is 154 cm³/mol. The summed E-state index contributed by atoms with van der Waals surface area (Å²) in [6, 6.07) is 28.0. The van der Waals surface area contributed by atoms with Crippen molar-refractivity contribution in [1.29, 1.82) is 0 Å². The molecule has 9 nitrogen and oxygen atoms in total. The number of hydrogen-bond acceptors (Lipinski definition) is 7. The molecular formula is C31H28N2O7S.